The molecule has 0 spiro atoms. The third-order valence-corrected chi connectivity index (χ3v) is 7.27. The lowest BCUT2D eigenvalue weighted by molar-refractivity contribution is 1.18. The van der Waals surface area contributed by atoms with Gasteiger partial charge in [-0.25, -0.2) is 9.97 Å². The van der Waals surface area contributed by atoms with Gasteiger partial charge in [-0.3, -0.25) is 4.90 Å². The molecule has 4 aromatic carbocycles. The van der Waals surface area contributed by atoms with E-state index in [0.717, 1.165) is 37.6 Å². The van der Waals surface area contributed by atoms with E-state index in [1.165, 1.54) is 3.57 Å². The minimum atomic E-state index is 0.869. The molecule has 0 aliphatic carbocycles. The van der Waals surface area contributed by atoms with Crippen LogP contribution in [-0.4, -0.2) is 9.97 Å². The fraction of sp³-hybridized carbons (Fsp3) is 0. The van der Waals surface area contributed by atoms with E-state index in [1.54, 1.807) is 6.20 Å². The molecular formula is C34H27Br2IN4. The van der Waals surface area contributed by atoms with Crippen LogP contribution in [0.2, 0.25) is 0 Å². The molecule has 0 fully saturated rings. The molecule has 0 unspecified atom stereocenters. The van der Waals surface area contributed by atoms with Crippen molar-refractivity contribution in [1.29, 1.82) is 0 Å². The van der Waals surface area contributed by atoms with Crippen molar-refractivity contribution in [2.75, 3.05) is 10.2 Å². The first-order valence-corrected chi connectivity index (χ1v) is 15.4. The van der Waals surface area contributed by atoms with Gasteiger partial charge in [0.1, 0.15) is 11.6 Å². The number of nitrogens with one attached hydrogen (secondary N) is 1. The van der Waals surface area contributed by atoms with Crippen molar-refractivity contribution >= 4 is 83.1 Å². The molecule has 7 heteroatoms. The normalized spacial score (nSPS) is 9.83. The number of rotatable bonds is 5. The predicted molar refractivity (Wildman–Crippen MR) is 187 cm³/mol. The second kappa shape index (κ2) is 16.7. The van der Waals surface area contributed by atoms with Gasteiger partial charge in [-0.15, -0.1) is 0 Å². The Morgan fingerprint density at radius 3 is 1.56 bits per heavy atom. The zero-order valence-corrected chi connectivity index (χ0v) is 27.3. The highest BCUT2D eigenvalue weighted by Crippen LogP contribution is 2.33. The number of halogens is 3. The topological polar surface area (TPSA) is 41.1 Å². The first-order valence-electron chi connectivity index (χ1n) is 12.7. The smallest absolute Gasteiger partial charge is 0.137 e. The summed E-state index contributed by atoms with van der Waals surface area (Å²) in [7, 11) is 0. The van der Waals surface area contributed by atoms with E-state index in [4.69, 9.17) is 0 Å². The molecule has 0 aliphatic rings. The highest BCUT2D eigenvalue weighted by Gasteiger charge is 2.12. The Morgan fingerprint density at radius 1 is 0.512 bits per heavy atom. The van der Waals surface area contributed by atoms with E-state index in [1.807, 2.05) is 115 Å². The largest absolute Gasteiger partial charge is 0.340 e. The molecule has 0 atom stereocenters. The molecule has 41 heavy (non-hydrogen) atoms. The molecule has 0 radical (unpaired) electrons. The molecule has 0 bridgehead atoms. The first kappa shape index (κ1) is 30.4. The van der Waals surface area contributed by atoms with Crippen LogP contribution in [0.1, 0.15) is 0 Å². The van der Waals surface area contributed by atoms with Crippen molar-refractivity contribution in [3.63, 3.8) is 0 Å². The van der Waals surface area contributed by atoms with Crippen LogP contribution in [0.5, 0.6) is 0 Å². The summed E-state index contributed by atoms with van der Waals surface area (Å²) < 4.78 is 3.47. The lowest BCUT2D eigenvalue weighted by Crippen LogP contribution is -2.10. The number of anilines is 5. The predicted octanol–water partition coefficient (Wildman–Crippen LogP) is 11.2. The molecule has 204 valence electrons. The highest BCUT2D eigenvalue weighted by atomic mass is 127. The summed E-state index contributed by atoms with van der Waals surface area (Å²) in [5.41, 5.74) is 3.23. The van der Waals surface area contributed by atoms with Gasteiger partial charge >= 0.3 is 0 Å². The van der Waals surface area contributed by atoms with Gasteiger partial charge < -0.3 is 5.32 Å². The van der Waals surface area contributed by atoms with E-state index in [0.29, 0.717) is 0 Å². The Hall–Kier alpha value is -3.53. The molecule has 1 N–H and O–H groups in total. The molecule has 0 saturated heterocycles. The van der Waals surface area contributed by atoms with Crippen molar-refractivity contribution in [3.8, 4) is 0 Å². The lowest BCUT2D eigenvalue weighted by Gasteiger charge is -2.24. The minimum Gasteiger partial charge on any atom is -0.340 e. The second-order valence-corrected chi connectivity index (χ2v) is 11.6. The molecule has 2 aromatic heterocycles. The summed E-state index contributed by atoms with van der Waals surface area (Å²) in [6.07, 6.45) is 3.58. The maximum Gasteiger partial charge on any atom is 0.137 e. The maximum absolute atomic E-state index is 4.47. The van der Waals surface area contributed by atoms with Crippen LogP contribution in [0.3, 0.4) is 0 Å². The van der Waals surface area contributed by atoms with Crippen LogP contribution in [-0.2, 0) is 0 Å². The van der Waals surface area contributed by atoms with E-state index in [9.17, 15) is 0 Å². The molecule has 6 aromatic rings. The van der Waals surface area contributed by atoms with Crippen LogP contribution in [0, 0.1) is 3.57 Å². The highest BCUT2D eigenvalue weighted by molar-refractivity contribution is 14.1. The van der Waals surface area contributed by atoms with Crippen molar-refractivity contribution in [2.24, 2.45) is 0 Å². The van der Waals surface area contributed by atoms with Gasteiger partial charge in [0.2, 0.25) is 0 Å². The fourth-order valence-electron chi connectivity index (χ4n) is 3.60. The number of pyridine rings is 2. The Balaban J connectivity index is 0.000000158. The van der Waals surface area contributed by atoms with Crippen LogP contribution in [0.25, 0.3) is 0 Å². The van der Waals surface area contributed by atoms with Gasteiger partial charge in [-0.2, -0.15) is 0 Å². The van der Waals surface area contributed by atoms with Crippen LogP contribution in [0.4, 0.5) is 28.7 Å². The third-order valence-electron chi connectivity index (χ3n) is 5.49. The molecule has 0 amide bonds. The Bertz CT molecular complexity index is 1460. The quantitative estimate of drug-likeness (QED) is 0.177. The average Bonchev–Trinajstić information content (AvgIpc) is 3.03. The zero-order valence-electron chi connectivity index (χ0n) is 22.0. The fourth-order valence-corrected chi connectivity index (χ4v) is 4.49. The minimum absolute atomic E-state index is 0.869. The molecule has 6 rings (SSSR count). The van der Waals surface area contributed by atoms with E-state index in [-0.39, 0.29) is 0 Å². The lowest BCUT2D eigenvalue weighted by atomic mass is 10.2. The molecule has 4 nitrogen and oxygen atoms in total. The number of benzene rings is 4. The summed E-state index contributed by atoms with van der Waals surface area (Å²) in [4.78, 5) is 10.8. The molecule has 0 aliphatic heterocycles. The van der Waals surface area contributed by atoms with Crippen LogP contribution < -0.4 is 10.2 Å². The number of nitrogens with zero attached hydrogens (tertiary/aromatic N) is 3. The summed E-state index contributed by atoms with van der Waals surface area (Å²) in [5, 5.41) is 3.19. The first-order chi connectivity index (χ1) is 20.1. The number of para-hydroxylation sites is 2. The van der Waals surface area contributed by atoms with Gasteiger partial charge in [0.05, 0.1) is 0 Å². The van der Waals surface area contributed by atoms with E-state index < -0.39 is 0 Å². The van der Waals surface area contributed by atoms with Gasteiger partial charge in [0.25, 0.3) is 0 Å². The maximum atomic E-state index is 4.47. The summed E-state index contributed by atoms with van der Waals surface area (Å²) in [6.45, 7) is 0. The van der Waals surface area contributed by atoms with Crippen LogP contribution >= 0.6 is 54.5 Å². The Morgan fingerprint density at radius 2 is 1.02 bits per heavy atom. The van der Waals surface area contributed by atoms with Crippen molar-refractivity contribution in [3.05, 3.63) is 171 Å². The van der Waals surface area contributed by atoms with Gasteiger partial charge in [-0.05, 0) is 120 Å². The Kier molecular flexibility index (Phi) is 12.4. The second-order valence-electron chi connectivity index (χ2n) is 8.48. The van der Waals surface area contributed by atoms with Crippen molar-refractivity contribution in [2.45, 2.75) is 0 Å². The average molecular weight is 778 g/mol. The van der Waals surface area contributed by atoms with E-state index in [2.05, 4.69) is 111 Å². The SMILES string of the molecule is Brc1ccc(I)cc1.Brc1ccc(N(c2ccccc2)c2ccccn2)cc1.c1ccc(Nc2ccccn2)cc1. The van der Waals surface area contributed by atoms with Gasteiger partial charge in [0.15, 0.2) is 0 Å². The summed E-state index contributed by atoms with van der Waals surface area (Å²) >= 11 is 9.09. The Labute approximate surface area is 271 Å². The van der Waals surface area contributed by atoms with Crippen molar-refractivity contribution in [1.82, 2.24) is 9.97 Å². The van der Waals surface area contributed by atoms with Gasteiger partial charge in [-0.1, -0.05) is 80.4 Å². The van der Waals surface area contributed by atoms with E-state index >= 15 is 0 Å². The number of hydrogen-bond donors (Lipinski definition) is 1. The summed E-state index contributed by atoms with van der Waals surface area (Å²) in [5.74, 6) is 1.77. The van der Waals surface area contributed by atoms with Crippen LogP contribution in [0.15, 0.2) is 167 Å². The van der Waals surface area contributed by atoms with Gasteiger partial charge in [0, 0.05) is 42.0 Å². The molecular weight excluding hydrogens is 751 g/mol. The summed E-state index contributed by atoms with van der Waals surface area (Å²) in [6, 6.07) is 48.4. The molecule has 2 heterocycles. The zero-order chi connectivity index (χ0) is 28.7. The standard InChI is InChI=1S/C17H13BrN2.C11H10N2.C6H4BrI/c18-14-9-11-16(12-10-14)20(15-6-2-1-3-7-15)17-8-4-5-13-19-17;1-2-6-10(7-3-1)13-11-8-4-5-9-12-11;7-5-1-3-6(8)4-2-5/h1-13H;1-9H,(H,12,13);1-4H. The molecule has 0 saturated carbocycles. The number of hydrogen-bond acceptors (Lipinski definition) is 4. The van der Waals surface area contributed by atoms with Crippen molar-refractivity contribution < 1.29 is 0 Å². The number of aromatic nitrogens is 2. The monoisotopic (exact) mass is 776 g/mol. The third kappa shape index (κ3) is 10.4.